The molecule has 2 aliphatic rings. The minimum atomic E-state index is -0.393. The topological polar surface area (TPSA) is 97.5 Å². The molecule has 3 N–H and O–H groups in total. The van der Waals surface area contributed by atoms with E-state index in [2.05, 4.69) is 32.2 Å². The highest BCUT2D eigenvalue weighted by Crippen LogP contribution is 2.42. The van der Waals surface area contributed by atoms with Gasteiger partial charge in [-0.05, 0) is 54.4 Å². The maximum absolute atomic E-state index is 13.1. The molecule has 8 heteroatoms. The third-order valence-electron chi connectivity index (χ3n) is 8.32. The first-order valence-corrected chi connectivity index (χ1v) is 14.1. The highest BCUT2D eigenvalue weighted by molar-refractivity contribution is 7.21. The molecule has 2 aromatic heterocycles. The van der Waals surface area contributed by atoms with Crippen molar-refractivity contribution in [2.45, 2.75) is 65.4 Å². The molecule has 196 valence electrons. The van der Waals surface area contributed by atoms with Crippen molar-refractivity contribution in [2.24, 2.45) is 11.3 Å². The zero-order valence-electron chi connectivity index (χ0n) is 21.9. The summed E-state index contributed by atoms with van der Waals surface area (Å²) in [5, 5.41) is 3.77. The van der Waals surface area contributed by atoms with Gasteiger partial charge in [0.05, 0.1) is 5.69 Å². The zero-order chi connectivity index (χ0) is 26.2. The van der Waals surface area contributed by atoms with Crippen molar-refractivity contribution in [1.29, 1.82) is 0 Å². The van der Waals surface area contributed by atoms with Crippen molar-refractivity contribution in [3.8, 4) is 0 Å². The fourth-order valence-corrected chi connectivity index (χ4v) is 6.38. The Labute approximate surface area is 222 Å². The molecule has 37 heavy (non-hydrogen) atoms. The van der Waals surface area contributed by atoms with Crippen LogP contribution in [-0.2, 0) is 17.6 Å². The van der Waals surface area contributed by atoms with Gasteiger partial charge in [0, 0.05) is 42.7 Å². The number of fused-ring (bicyclic) bond motifs is 2. The van der Waals surface area contributed by atoms with Gasteiger partial charge in [0.1, 0.15) is 15.8 Å². The molecule has 0 unspecified atom stereocenters. The van der Waals surface area contributed by atoms with Crippen LogP contribution in [0.4, 0.5) is 16.2 Å². The van der Waals surface area contributed by atoms with Crippen LogP contribution in [0.5, 0.6) is 0 Å². The van der Waals surface area contributed by atoms with Crippen LogP contribution in [0.1, 0.15) is 67.4 Å². The predicted molar refractivity (Wildman–Crippen MR) is 149 cm³/mol. The highest BCUT2D eigenvalue weighted by Gasteiger charge is 2.33. The lowest BCUT2D eigenvalue weighted by Crippen LogP contribution is -2.43. The number of amides is 2. The number of aromatic nitrogens is 1. The number of para-hydroxylation sites is 1. The molecule has 3 heterocycles. The Bertz CT molecular complexity index is 1300. The second-order valence-electron chi connectivity index (χ2n) is 11.0. The number of hydrogen-bond donors (Lipinski definition) is 2. The van der Waals surface area contributed by atoms with Crippen molar-refractivity contribution >= 4 is 44.9 Å². The number of carbonyl (C=O) groups is 2. The summed E-state index contributed by atoms with van der Waals surface area (Å²) in [6.07, 6.45) is 5.22. The third kappa shape index (κ3) is 5.30. The van der Waals surface area contributed by atoms with E-state index in [-0.39, 0.29) is 12.1 Å². The maximum atomic E-state index is 13.1. The molecular weight excluding hydrogens is 484 g/mol. The number of carbonyl (C=O) groups excluding carboxylic acids is 2. The van der Waals surface area contributed by atoms with Crippen LogP contribution in [0.2, 0.25) is 0 Å². The molecule has 0 radical (unpaired) electrons. The Hall–Kier alpha value is -3.13. The van der Waals surface area contributed by atoms with Gasteiger partial charge in [-0.1, -0.05) is 45.4 Å². The van der Waals surface area contributed by atoms with Crippen molar-refractivity contribution in [3.05, 3.63) is 52.5 Å². The molecule has 3 aromatic rings. The van der Waals surface area contributed by atoms with Crippen LogP contribution in [-0.4, -0.2) is 41.1 Å². The monoisotopic (exact) mass is 520 g/mol. The number of thiophene rings is 1. The number of nitrogens with two attached hydrogens (primary N) is 1. The Morgan fingerprint density at radius 3 is 2.62 bits per heavy atom. The lowest BCUT2D eigenvalue weighted by molar-refractivity contribution is 0.0164. The molecule has 2 amide bonds. The van der Waals surface area contributed by atoms with E-state index in [0.717, 1.165) is 47.3 Å². The van der Waals surface area contributed by atoms with E-state index in [4.69, 9.17) is 15.5 Å². The number of benzene rings is 1. The van der Waals surface area contributed by atoms with Gasteiger partial charge in [0.15, 0.2) is 0 Å². The molecule has 1 saturated heterocycles. The molecule has 0 spiro atoms. The summed E-state index contributed by atoms with van der Waals surface area (Å²) in [6, 6.07) is 11.4. The summed E-state index contributed by atoms with van der Waals surface area (Å²) < 4.78 is 5.84. The van der Waals surface area contributed by atoms with E-state index in [1.807, 2.05) is 30.3 Å². The van der Waals surface area contributed by atoms with Gasteiger partial charge >= 0.3 is 12.0 Å². The quantitative estimate of drug-likeness (QED) is 0.386. The van der Waals surface area contributed by atoms with Gasteiger partial charge in [0.2, 0.25) is 0 Å². The number of likely N-dealkylation sites (tertiary alicyclic amines) is 1. The number of rotatable bonds is 5. The summed E-state index contributed by atoms with van der Waals surface area (Å²) in [4.78, 5) is 33.5. The van der Waals surface area contributed by atoms with Crippen LogP contribution < -0.4 is 11.1 Å². The standard InChI is InChI=1S/C29H36N4O3S/c1-4-29(2,3)19-10-11-23-18(16-19)17-22-24(30)25(37-26(22)32-23)27(34)36-21-12-14-33(15-13-21)28(35)31-20-8-6-5-7-9-20/h5-9,17,19,21H,4,10-16,30H2,1-3H3,(H,31,35)/t19-/m0/s1. The average molecular weight is 521 g/mol. The number of urea groups is 1. The summed E-state index contributed by atoms with van der Waals surface area (Å²) >= 11 is 1.33. The van der Waals surface area contributed by atoms with Crippen LogP contribution in [0.3, 0.4) is 0 Å². The number of hydrogen-bond acceptors (Lipinski definition) is 6. The molecule has 0 bridgehead atoms. The zero-order valence-corrected chi connectivity index (χ0v) is 22.7. The number of nitrogen functional groups attached to an aromatic ring is 1. The molecule has 1 atom stereocenters. The van der Waals surface area contributed by atoms with Crippen LogP contribution >= 0.6 is 11.3 Å². The molecular formula is C29H36N4O3S. The smallest absolute Gasteiger partial charge is 0.350 e. The van der Waals surface area contributed by atoms with Gasteiger partial charge in [0.25, 0.3) is 0 Å². The van der Waals surface area contributed by atoms with Crippen molar-refractivity contribution < 1.29 is 14.3 Å². The lowest BCUT2D eigenvalue weighted by Gasteiger charge is -2.36. The largest absolute Gasteiger partial charge is 0.458 e. The number of anilines is 2. The van der Waals surface area contributed by atoms with Gasteiger partial charge in [-0.15, -0.1) is 11.3 Å². The number of nitrogens with one attached hydrogen (secondary N) is 1. The maximum Gasteiger partial charge on any atom is 0.350 e. The first kappa shape index (κ1) is 25.5. The van der Waals surface area contributed by atoms with Crippen LogP contribution in [0.15, 0.2) is 36.4 Å². The average Bonchev–Trinajstić information content (AvgIpc) is 3.23. The van der Waals surface area contributed by atoms with Crippen LogP contribution in [0, 0.1) is 11.3 Å². The number of aryl methyl sites for hydroxylation is 1. The fourth-order valence-electron chi connectivity index (χ4n) is 5.40. The third-order valence-corrected chi connectivity index (χ3v) is 9.41. The summed E-state index contributed by atoms with van der Waals surface area (Å²) in [5.74, 6) is 0.227. The van der Waals surface area contributed by atoms with Gasteiger partial charge in [-0.3, -0.25) is 0 Å². The Kier molecular flexibility index (Phi) is 7.12. The SMILES string of the molecule is CCC(C)(C)[C@H]1CCc2nc3sc(C(=O)OC4CCN(C(=O)Nc5ccccc5)CC4)c(N)c3cc2C1. The number of pyridine rings is 1. The first-order valence-electron chi connectivity index (χ1n) is 13.3. The Morgan fingerprint density at radius 1 is 1.19 bits per heavy atom. The molecule has 1 aliphatic heterocycles. The Morgan fingerprint density at radius 2 is 1.92 bits per heavy atom. The second-order valence-corrected chi connectivity index (χ2v) is 12.0. The van der Waals surface area contributed by atoms with E-state index < -0.39 is 5.97 Å². The molecule has 1 aliphatic carbocycles. The number of ether oxygens (including phenoxy) is 1. The van der Waals surface area contributed by atoms with E-state index >= 15 is 0 Å². The van der Waals surface area contributed by atoms with Gasteiger partial charge < -0.3 is 20.7 Å². The van der Waals surface area contributed by atoms with Crippen molar-refractivity contribution in [1.82, 2.24) is 9.88 Å². The number of piperidine rings is 1. The molecule has 1 aromatic carbocycles. The van der Waals surface area contributed by atoms with E-state index in [0.29, 0.717) is 47.8 Å². The summed E-state index contributed by atoms with van der Waals surface area (Å²) in [7, 11) is 0. The Balaban J connectivity index is 1.22. The summed E-state index contributed by atoms with van der Waals surface area (Å²) in [6.45, 7) is 8.02. The van der Waals surface area contributed by atoms with Gasteiger partial charge in [-0.25, -0.2) is 14.6 Å². The molecule has 7 nitrogen and oxygen atoms in total. The van der Waals surface area contributed by atoms with E-state index in [9.17, 15) is 9.59 Å². The number of esters is 1. The van der Waals surface area contributed by atoms with Crippen LogP contribution in [0.25, 0.3) is 10.2 Å². The van der Waals surface area contributed by atoms with Crippen molar-refractivity contribution in [3.63, 3.8) is 0 Å². The lowest BCUT2D eigenvalue weighted by atomic mass is 9.69. The summed E-state index contributed by atoms with van der Waals surface area (Å²) in [5.41, 5.74) is 10.4. The fraction of sp³-hybridized carbons (Fsp3) is 0.483. The number of nitrogens with zero attached hydrogens (tertiary/aromatic N) is 2. The molecule has 5 rings (SSSR count). The first-order chi connectivity index (χ1) is 17.7. The minimum absolute atomic E-state index is 0.135. The van der Waals surface area contributed by atoms with E-state index in [1.54, 1.807) is 4.90 Å². The molecule has 1 fully saturated rings. The van der Waals surface area contributed by atoms with Crippen molar-refractivity contribution in [2.75, 3.05) is 24.1 Å². The normalized spacial score (nSPS) is 18.5. The second kappa shape index (κ2) is 10.3. The van der Waals surface area contributed by atoms with Gasteiger partial charge in [-0.2, -0.15) is 0 Å². The van der Waals surface area contributed by atoms with E-state index in [1.165, 1.54) is 16.9 Å². The minimum Gasteiger partial charge on any atom is -0.458 e. The highest BCUT2D eigenvalue weighted by atomic mass is 32.1. The predicted octanol–water partition coefficient (Wildman–Crippen LogP) is 6.27. The molecule has 0 saturated carbocycles.